The molecule has 1 rings (SSSR count). The minimum absolute atomic E-state index is 0.360. The Balaban J connectivity index is 2.65. The molecule has 0 fully saturated rings. The molecule has 0 aromatic heterocycles. The minimum Gasteiger partial charge on any atom is -0.211 e. The lowest BCUT2D eigenvalue weighted by Gasteiger charge is -2.17. The van der Waals surface area contributed by atoms with Crippen molar-refractivity contribution in [3.05, 3.63) is 34.9 Å². The molecule has 1 aromatic rings. The number of rotatable bonds is 4. The lowest BCUT2D eigenvalue weighted by Crippen LogP contribution is -2.17. The fourth-order valence-electron chi connectivity index (χ4n) is 1.32. The van der Waals surface area contributed by atoms with Crippen molar-refractivity contribution in [2.24, 2.45) is 4.99 Å². The number of aliphatic imine (C=N–C) groups is 1. The number of hydrogen-bond donors (Lipinski definition) is 0. The SMILES string of the molecule is CC(C)(CCc1ccccc1Cl)N=C=O. The van der Waals surface area contributed by atoms with E-state index in [2.05, 4.69) is 4.99 Å². The van der Waals surface area contributed by atoms with Crippen molar-refractivity contribution in [3.63, 3.8) is 0 Å². The maximum atomic E-state index is 10.2. The van der Waals surface area contributed by atoms with Gasteiger partial charge in [-0.15, -0.1) is 0 Å². The average molecular weight is 224 g/mol. The van der Waals surface area contributed by atoms with Gasteiger partial charge in [-0.2, -0.15) is 4.99 Å². The minimum atomic E-state index is -0.360. The summed E-state index contributed by atoms with van der Waals surface area (Å²) in [5.41, 5.74) is 0.731. The summed E-state index contributed by atoms with van der Waals surface area (Å²) in [7, 11) is 0. The van der Waals surface area contributed by atoms with Gasteiger partial charge >= 0.3 is 0 Å². The predicted molar refractivity (Wildman–Crippen MR) is 62.0 cm³/mol. The van der Waals surface area contributed by atoms with E-state index in [4.69, 9.17) is 11.6 Å². The van der Waals surface area contributed by atoms with Crippen LogP contribution >= 0.6 is 11.6 Å². The highest BCUT2D eigenvalue weighted by Crippen LogP contribution is 2.21. The molecule has 0 spiro atoms. The summed E-state index contributed by atoms with van der Waals surface area (Å²) in [4.78, 5) is 13.9. The topological polar surface area (TPSA) is 29.4 Å². The van der Waals surface area contributed by atoms with Gasteiger partial charge < -0.3 is 0 Å². The molecule has 0 radical (unpaired) electrons. The lowest BCUT2D eigenvalue weighted by molar-refractivity contribution is 0.470. The van der Waals surface area contributed by atoms with Crippen molar-refractivity contribution < 1.29 is 4.79 Å². The maximum absolute atomic E-state index is 10.2. The summed E-state index contributed by atoms with van der Waals surface area (Å²) >= 11 is 6.02. The first-order valence-corrected chi connectivity index (χ1v) is 5.25. The molecule has 0 aliphatic carbocycles. The molecule has 0 saturated heterocycles. The number of aryl methyl sites for hydroxylation is 1. The molecular formula is C12H14ClNO. The molecule has 0 heterocycles. The summed E-state index contributed by atoms with van der Waals surface area (Å²) in [6, 6.07) is 7.72. The predicted octanol–water partition coefficient (Wildman–Crippen LogP) is 3.39. The summed E-state index contributed by atoms with van der Waals surface area (Å²) in [6.45, 7) is 3.82. The van der Waals surface area contributed by atoms with Crippen molar-refractivity contribution in [2.45, 2.75) is 32.2 Å². The Kier molecular flexibility index (Phi) is 4.07. The van der Waals surface area contributed by atoms with Gasteiger partial charge in [0.15, 0.2) is 0 Å². The summed E-state index contributed by atoms with van der Waals surface area (Å²) in [5, 5.41) is 0.767. The molecule has 15 heavy (non-hydrogen) atoms. The number of isocyanates is 1. The molecule has 1 aromatic carbocycles. The molecule has 80 valence electrons. The number of nitrogens with zero attached hydrogens (tertiary/aromatic N) is 1. The smallest absolute Gasteiger partial charge is 0.211 e. The van der Waals surface area contributed by atoms with Crippen LogP contribution in [0.4, 0.5) is 0 Å². The monoisotopic (exact) mass is 223 g/mol. The average Bonchev–Trinajstić information content (AvgIpc) is 2.16. The highest BCUT2D eigenvalue weighted by molar-refractivity contribution is 6.31. The van der Waals surface area contributed by atoms with E-state index in [0.717, 1.165) is 23.4 Å². The Morgan fingerprint density at radius 2 is 2.07 bits per heavy atom. The highest BCUT2D eigenvalue weighted by atomic mass is 35.5. The van der Waals surface area contributed by atoms with E-state index in [-0.39, 0.29) is 5.54 Å². The van der Waals surface area contributed by atoms with Crippen LogP contribution in [0.2, 0.25) is 5.02 Å². The summed E-state index contributed by atoms with van der Waals surface area (Å²) in [6.07, 6.45) is 3.20. The second-order valence-electron chi connectivity index (χ2n) is 4.11. The van der Waals surface area contributed by atoms with Crippen LogP contribution in [-0.2, 0) is 11.2 Å². The third kappa shape index (κ3) is 3.86. The van der Waals surface area contributed by atoms with Gasteiger partial charge in [0.1, 0.15) is 0 Å². The van der Waals surface area contributed by atoms with E-state index in [1.165, 1.54) is 0 Å². The Labute approximate surface area is 95.0 Å². The van der Waals surface area contributed by atoms with Crippen LogP contribution in [0.3, 0.4) is 0 Å². The molecule has 0 amide bonds. The lowest BCUT2D eigenvalue weighted by atomic mass is 9.96. The number of hydrogen-bond acceptors (Lipinski definition) is 2. The first kappa shape index (κ1) is 12.0. The van der Waals surface area contributed by atoms with Gasteiger partial charge in [-0.1, -0.05) is 29.8 Å². The zero-order valence-corrected chi connectivity index (χ0v) is 9.71. The fraction of sp³-hybridized carbons (Fsp3) is 0.417. The largest absolute Gasteiger partial charge is 0.235 e. The van der Waals surface area contributed by atoms with Gasteiger partial charge in [-0.25, -0.2) is 4.79 Å². The van der Waals surface area contributed by atoms with E-state index >= 15 is 0 Å². The second kappa shape index (κ2) is 5.11. The van der Waals surface area contributed by atoms with E-state index in [0.29, 0.717) is 0 Å². The second-order valence-corrected chi connectivity index (χ2v) is 4.51. The van der Waals surface area contributed by atoms with Gasteiger partial charge in [0.05, 0.1) is 5.54 Å². The quantitative estimate of drug-likeness (QED) is 0.568. The third-order valence-corrected chi connectivity index (χ3v) is 2.68. The number of halogens is 1. The van der Waals surface area contributed by atoms with Crippen LogP contribution in [0.15, 0.2) is 29.3 Å². The van der Waals surface area contributed by atoms with Crippen molar-refractivity contribution >= 4 is 17.7 Å². The van der Waals surface area contributed by atoms with Crippen molar-refractivity contribution in [1.82, 2.24) is 0 Å². The van der Waals surface area contributed by atoms with Crippen molar-refractivity contribution in [1.29, 1.82) is 0 Å². The molecule has 0 atom stereocenters. The Morgan fingerprint density at radius 1 is 1.40 bits per heavy atom. The molecule has 0 bridgehead atoms. The Bertz CT molecular complexity index is 381. The zero-order chi connectivity index (χ0) is 11.3. The van der Waals surface area contributed by atoms with Crippen LogP contribution in [0.5, 0.6) is 0 Å². The standard InChI is InChI=1S/C12H14ClNO/c1-12(2,14-9-15)8-7-10-5-3-4-6-11(10)13/h3-6H,7-8H2,1-2H3. The molecule has 0 unspecified atom stereocenters. The van der Waals surface area contributed by atoms with Crippen LogP contribution in [-0.4, -0.2) is 11.6 Å². The van der Waals surface area contributed by atoms with Gasteiger partial charge in [0.25, 0.3) is 0 Å². The summed E-state index contributed by atoms with van der Waals surface area (Å²) < 4.78 is 0. The molecule has 3 heteroatoms. The van der Waals surface area contributed by atoms with Gasteiger partial charge in [-0.05, 0) is 38.3 Å². The zero-order valence-electron chi connectivity index (χ0n) is 8.96. The van der Waals surface area contributed by atoms with Crippen LogP contribution in [0.25, 0.3) is 0 Å². The molecular weight excluding hydrogens is 210 g/mol. The number of benzene rings is 1. The van der Waals surface area contributed by atoms with E-state index in [1.54, 1.807) is 6.08 Å². The molecule has 0 aliphatic heterocycles. The first-order valence-electron chi connectivity index (χ1n) is 4.87. The van der Waals surface area contributed by atoms with Gasteiger partial charge in [0, 0.05) is 5.02 Å². The van der Waals surface area contributed by atoms with Crippen molar-refractivity contribution in [2.75, 3.05) is 0 Å². The first-order chi connectivity index (χ1) is 7.05. The van der Waals surface area contributed by atoms with Crippen LogP contribution in [0.1, 0.15) is 25.8 Å². The molecule has 0 saturated carbocycles. The molecule has 0 N–H and O–H groups in total. The maximum Gasteiger partial charge on any atom is 0.235 e. The summed E-state index contributed by atoms with van der Waals surface area (Å²) in [5.74, 6) is 0. The normalized spacial score (nSPS) is 10.9. The van der Waals surface area contributed by atoms with E-state index in [1.807, 2.05) is 38.1 Å². The van der Waals surface area contributed by atoms with Gasteiger partial charge in [0.2, 0.25) is 6.08 Å². The third-order valence-electron chi connectivity index (χ3n) is 2.31. The highest BCUT2D eigenvalue weighted by Gasteiger charge is 2.16. The van der Waals surface area contributed by atoms with Crippen LogP contribution < -0.4 is 0 Å². The fourth-order valence-corrected chi connectivity index (χ4v) is 1.55. The molecule has 0 aliphatic rings. The van der Waals surface area contributed by atoms with E-state index < -0.39 is 0 Å². The van der Waals surface area contributed by atoms with E-state index in [9.17, 15) is 4.79 Å². The number of carbonyl (C=O) groups excluding carboxylic acids is 1. The van der Waals surface area contributed by atoms with Crippen LogP contribution in [0, 0.1) is 0 Å². The van der Waals surface area contributed by atoms with Crippen molar-refractivity contribution in [3.8, 4) is 0 Å². The van der Waals surface area contributed by atoms with Gasteiger partial charge in [-0.3, -0.25) is 0 Å². The Morgan fingerprint density at radius 3 is 2.67 bits per heavy atom. The Hall–Kier alpha value is -1.11. The molecule has 2 nitrogen and oxygen atoms in total.